The summed E-state index contributed by atoms with van der Waals surface area (Å²) in [7, 11) is 3.66. The Morgan fingerprint density at radius 1 is 1.17 bits per heavy atom. The maximum absolute atomic E-state index is 12.9. The lowest BCUT2D eigenvalue weighted by Gasteiger charge is -2.35. The molecule has 7 nitrogen and oxygen atoms in total. The van der Waals surface area contributed by atoms with Crippen LogP contribution in [-0.4, -0.2) is 50.3 Å². The van der Waals surface area contributed by atoms with Gasteiger partial charge in [-0.3, -0.25) is 4.90 Å². The summed E-state index contributed by atoms with van der Waals surface area (Å²) in [5.74, 6) is 0.306. The number of rotatable bonds is 7. The fourth-order valence-electron chi connectivity index (χ4n) is 4.14. The van der Waals surface area contributed by atoms with Crippen molar-refractivity contribution in [1.29, 1.82) is 0 Å². The number of methoxy groups -OCH3 is 1. The Morgan fingerprint density at radius 2 is 1.86 bits per heavy atom. The van der Waals surface area contributed by atoms with Crippen LogP contribution in [0.1, 0.15) is 50.6 Å². The van der Waals surface area contributed by atoms with Crippen molar-refractivity contribution in [3.63, 3.8) is 0 Å². The minimum atomic E-state index is -0.566. The third-order valence-corrected chi connectivity index (χ3v) is 5.70. The van der Waals surface area contributed by atoms with Crippen LogP contribution in [0, 0.1) is 0 Å². The van der Waals surface area contributed by atoms with Crippen LogP contribution in [0.3, 0.4) is 0 Å². The van der Waals surface area contributed by atoms with Gasteiger partial charge in [-0.25, -0.2) is 9.59 Å². The number of hydrogen-bond acceptors (Lipinski definition) is 5. The largest absolute Gasteiger partial charge is 0.497 e. The van der Waals surface area contributed by atoms with E-state index in [0.29, 0.717) is 29.6 Å². The average Bonchev–Trinajstić information content (AvgIpc) is 2.74. The summed E-state index contributed by atoms with van der Waals surface area (Å²) >= 11 is 0. The van der Waals surface area contributed by atoms with E-state index in [1.54, 1.807) is 14.0 Å². The zero-order valence-corrected chi connectivity index (χ0v) is 17.5. The predicted octanol–water partition coefficient (Wildman–Crippen LogP) is 3.13. The molecule has 1 fully saturated rings. The molecule has 1 unspecified atom stereocenters. The summed E-state index contributed by atoms with van der Waals surface area (Å²) < 4.78 is 10.6. The van der Waals surface area contributed by atoms with E-state index in [1.165, 1.54) is 19.3 Å². The van der Waals surface area contributed by atoms with E-state index in [1.807, 2.05) is 24.3 Å². The first-order valence-corrected chi connectivity index (χ1v) is 10.3. The van der Waals surface area contributed by atoms with Gasteiger partial charge in [-0.05, 0) is 44.5 Å². The lowest BCUT2D eigenvalue weighted by atomic mass is 9.92. The summed E-state index contributed by atoms with van der Waals surface area (Å²) in [6.45, 7) is 2.56. The maximum atomic E-state index is 12.9. The number of carbonyl (C=O) groups is 2. The predicted molar refractivity (Wildman–Crippen MR) is 111 cm³/mol. The van der Waals surface area contributed by atoms with E-state index in [2.05, 4.69) is 22.6 Å². The molecular formula is C22H31N3O4. The molecule has 29 heavy (non-hydrogen) atoms. The van der Waals surface area contributed by atoms with Crippen molar-refractivity contribution in [2.75, 3.05) is 27.3 Å². The third kappa shape index (κ3) is 5.09. The number of carbonyl (C=O) groups excluding carboxylic acids is 2. The number of urea groups is 1. The second-order valence-electron chi connectivity index (χ2n) is 7.62. The molecule has 3 rings (SSSR count). The molecule has 2 amide bonds. The summed E-state index contributed by atoms with van der Waals surface area (Å²) in [5, 5.41) is 5.73. The topological polar surface area (TPSA) is 79.9 Å². The first-order valence-electron chi connectivity index (χ1n) is 10.3. The molecule has 1 atom stereocenters. The van der Waals surface area contributed by atoms with Gasteiger partial charge in [0.1, 0.15) is 5.75 Å². The zero-order chi connectivity index (χ0) is 20.8. The Bertz CT molecular complexity index is 754. The van der Waals surface area contributed by atoms with Gasteiger partial charge in [-0.1, -0.05) is 31.4 Å². The molecule has 1 aromatic rings. The van der Waals surface area contributed by atoms with Gasteiger partial charge in [0.25, 0.3) is 0 Å². The summed E-state index contributed by atoms with van der Waals surface area (Å²) in [5.41, 5.74) is 1.88. The molecule has 1 aliphatic heterocycles. The average molecular weight is 402 g/mol. The van der Waals surface area contributed by atoms with Crippen LogP contribution < -0.4 is 15.4 Å². The van der Waals surface area contributed by atoms with Gasteiger partial charge in [0, 0.05) is 18.3 Å². The molecule has 0 spiro atoms. The highest BCUT2D eigenvalue weighted by Gasteiger charge is 2.34. The molecule has 1 aromatic carbocycles. The van der Waals surface area contributed by atoms with E-state index in [0.717, 1.165) is 18.4 Å². The number of benzene rings is 1. The highest BCUT2D eigenvalue weighted by molar-refractivity contribution is 5.95. The highest BCUT2D eigenvalue weighted by Crippen LogP contribution is 2.30. The van der Waals surface area contributed by atoms with E-state index >= 15 is 0 Å². The molecule has 1 saturated carbocycles. The highest BCUT2D eigenvalue weighted by atomic mass is 16.5. The number of hydrogen-bond donors (Lipinski definition) is 2. The van der Waals surface area contributed by atoms with Crippen LogP contribution in [0.15, 0.2) is 35.5 Å². The fraction of sp³-hybridized carbons (Fsp3) is 0.545. The summed E-state index contributed by atoms with van der Waals surface area (Å²) in [4.78, 5) is 27.5. The van der Waals surface area contributed by atoms with Gasteiger partial charge in [0.05, 0.1) is 25.3 Å². The molecule has 1 aliphatic carbocycles. The van der Waals surface area contributed by atoms with Gasteiger partial charge in [-0.15, -0.1) is 0 Å². The van der Waals surface area contributed by atoms with Crippen molar-refractivity contribution in [3.05, 3.63) is 41.1 Å². The molecule has 1 heterocycles. The molecule has 158 valence electrons. The molecule has 0 aromatic heterocycles. The second kappa shape index (κ2) is 9.78. The van der Waals surface area contributed by atoms with Crippen molar-refractivity contribution in [3.8, 4) is 5.75 Å². The van der Waals surface area contributed by atoms with Crippen molar-refractivity contribution in [2.45, 2.75) is 51.1 Å². The van der Waals surface area contributed by atoms with E-state index in [4.69, 9.17) is 9.47 Å². The van der Waals surface area contributed by atoms with Gasteiger partial charge < -0.3 is 20.1 Å². The Kier molecular flexibility index (Phi) is 7.14. The quantitative estimate of drug-likeness (QED) is 0.686. The number of esters is 1. The smallest absolute Gasteiger partial charge is 0.338 e. The Balaban J connectivity index is 1.93. The number of likely N-dealkylation sites (N-methyl/N-ethyl adjacent to an activating group) is 1. The monoisotopic (exact) mass is 401 g/mol. The Labute approximate surface area is 172 Å². The van der Waals surface area contributed by atoms with E-state index in [-0.39, 0.29) is 12.6 Å². The summed E-state index contributed by atoms with van der Waals surface area (Å²) in [6, 6.07) is 6.94. The second-order valence-corrected chi connectivity index (χ2v) is 7.62. The molecular weight excluding hydrogens is 370 g/mol. The maximum Gasteiger partial charge on any atom is 0.338 e. The van der Waals surface area contributed by atoms with Crippen molar-refractivity contribution >= 4 is 12.0 Å². The molecule has 2 aliphatic rings. The molecule has 0 bridgehead atoms. The van der Waals surface area contributed by atoms with Crippen molar-refractivity contribution in [2.24, 2.45) is 0 Å². The van der Waals surface area contributed by atoms with Gasteiger partial charge in [-0.2, -0.15) is 0 Å². The molecule has 0 saturated heterocycles. The van der Waals surface area contributed by atoms with Gasteiger partial charge in [0.2, 0.25) is 0 Å². The van der Waals surface area contributed by atoms with Crippen LogP contribution in [0.5, 0.6) is 5.75 Å². The zero-order valence-electron chi connectivity index (χ0n) is 17.5. The van der Waals surface area contributed by atoms with Crippen LogP contribution >= 0.6 is 0 Å². The molecule has 0 radical (unpaired) electrons. The molecule has 7 heteroatoms. The van der Waals surface area contributed by atoms with E-state index < -0.39 is 12.0 Å². The van der Waals surface area contributed by atoms with Gasteiger partial charge >= 0.3 is 12.0 Å². The fourth-order valence-corrected chi connectivity index (χ4v) is 4.14. The lowest BCUT2D eigenvalue weighted by molar-refractivity contribution is -0.139. The number of amides is 2. The standard InChI is InChI=1S/C22H31N3O4/c1-4-29-21(26)19-18(14-25(2)16-8-6-5-7-9-16)23-22(27)24-20(19)15-10-12-17(28-3)13-11-15/h10-13,16,20H,4-9,14H2,1-3H3,(H2,23,24,27). The van der Waals surface area contributed by atoms with E-state index in [9.17, 15) is 9.59 Å². The number of nitrogens with zero attached hydrogens (tertiary/aromatic N) is 1. The first kappa shape index (κ1) is 21.2. The van der Waals surface area contributed by atoms with Crippen LogP contribution in [0.25, 0.3) is 0 Å². The summed E-state index contributed by atoms with van der Waals surface area (Å²) in [6.07, 6.45) is 6.02. The third-order valence-electron chi connectivity index (χ3n) is 5.70. The lowest BCUT2D eigenvalue weighted by Crippen LogP contribution is -2.49. The van der Waals surface area contributed by atoms with Crippen LogP contribution in [-0.2, 0) is 9.53 Å². The minimum absolute atomic E-state index is 0.275. The van der Waals surface area contributed by atoms with Crippen LogP contribution in [0.2, 0.25) is 0 Å². The number of nitrogens with one attached hydrogen (secondary N) is 2. The van der Waals surface area contributed by atoms with Crippen molar-refractivity contribution in [1.82, 2.24) is 15.5 Å². The SMILES string of the molecule is CCOC(=O)C1=C(CN(C)C2CCCCC2)NC(=O)NC1c1ccc(OC)cc1. The normalized spacial score (nSPS) is 20.3. The molecule has 2 N–H and O–H groups in total. The van der Waals surface area contributed by atoms with Crippen LogP contribution in [0.4, 0.5) is 4.79 Å². The van der Waals surface area contributed by atoms with Crippen molar-refractivity contribution < 1.29 is 19.1 Å². The number of ether oxygens (including phenoxy) is 2. The minimum Gasteiger partial charge on any atom is -0.497 e. The Morgan fingerprint density at radius 3 is 2.48 bits per heavy atom. The Hall–Kier alpha value is -2.54. The first-order chi connectivity index (χ1) is 14.0. The van der Waals surface area contributed by atoms with Gasteiger partial charge in [0.15, 0.2) is 0 Å².